The van der Waals surface area contributed by atoms with Gasteiger partial charge in [0.05, 0.1) is 29.7 Å². The monoisotopic (exact) mass is 596 g/mol. The van der Waals surface area contributed by atoms with E-state index in [9.17, 15) is 24.0 Å². The Hall–Kier alpha value is -4.55. The first-order valence-corrected chi connectivity index (χ1v) is 13.6. The molecule has 3 aromatic rings. The Morgan fingerprint density at radius 2 is 1.61 bits per heavy atom. The first kappa shape index (κ1) is 29.4. The van der Waals surface area contributed by atoms with Gasteiger partial charge in [-0.1, -0.05) is 22.9 Å². The number of nitrogens with zero attached hydrogens (tertiary/aromatic N) is 2. The average Bonchev–Trinajstić information content (AvgIpc) is 3.40. The SMILES string of the molecule is CCOC(=O)c1sc(NC(=O)c2ccc(NC3=C(Cl)C(=O)N(c4ccc(C(=O)OC(C)C)cc4)C3=O)cc2)nc1C. The van der Waals surface area contributed by atoms with Crippen LogP contribution in [0.15, 0.2) is 59.3 Å². The second-order valence-corrected chi connectivity index (χ2v) is 10.3. The molecule has 2 aromatic carbocycles. The van der Waals surface area contributed by atoms with E-state index in [-0.39, 0.29) is 45.4 Å². The third-order valence-electron chi connectivity index (χ3n) is 5.63. The second kappa shape index (κ2) is 12.3. The van der Waals surface area contributed by atoms with Crippen LogP contribution in [0.1, 0.15) is 56.9 Å². The molecule has 2 N–H and O–H groups in total. The van der Waals surface area contributed by atoms with Gasteiger partial charge in [-0.05, 0) is 76.2 Å². The molecule has 13 heteroatoms. The maximum Gasteiger partial charge on any atom is 0.350 e. The Kier molecular flexibility index (Phi) is 8.84. The molecule has 0 saturated carbocycles. The average molecular weight is 597 g/mol. The van der Waals surface area contributed by atoms with Gasteiger partial charge in [0.2, 0.25) is 0 Å². The minimum absolute atomic E-state index is 0.137. The van der Waals surface area contributed by atoms with E-state index in [1.807, 2.05) is 0 Å². The number of anilines is 3. The highest BCUT2D eigenvalue weighted by molar-refractivity contribution is 7.17. The molecule has 0 aliphatic carbocycles. The Bertz CT molecular complexity index is 1560. The Labute approximate surface area is 244 Å². The van der Waals surface area contributed by atoms with Crippen LogP contribution in [-0.2, 0) is 19.1 Å². The van der Waals surface area contributed by atoms with E-state index in [0.717, 1.165) is 16.2 Å². The van der Waals surface area contributed by atoms with E-state index >= 15 is 0 Å². The molecular formula is C28H25ClN4O7S. The molecule has 1 aliphatic heterocycles. The van der Waals surface area contributed by atoms with E-state index < -0.39 is 29.7 Å². The fraction of sp³-hybridized carbons (Fsp3) is 0.214. The number of carbonyl (C=O) groups excluding carboxylic acids is 5. The molecular weight excluding hydrogens is 572 g/mol. The quantitative estimate of drug-likeness (QED) is 0.261. The number of hydrogen-bond donors (Lipinski definition) is 2. The standard InChI is InChI=1S/C28H25ClN4O7S/c1-5-39-27(38)22-15(4)30-28(41-22)32-23(34)16-6-10-18(11-7-16)31-21-20(29)24(35)33(25(21)36)19-12-8-17(9-13-19)26(37)40-14(2)3/h6-14,31H,5H2,1-4H3,(H,30,32,34). The highest BCUT2D eigenvalue weighted by atomic mass is 35.5. The molecule has 212 valence electrons. The van der Waals surface area contributed by atoms with E-state index in [4.69, 9.17) is 21.1 Å². The maximum atomic E-state index is 13.1. The van der Waals surface area contributed by atoms with Crippen LogP contribution in [0.2, 0.25) is 0 Å². The van der Waals surface area contributed by atoms with Crippen molar-refractivity contribution >= 4 is 69.1 Å². The van der Waals surface area contributed by atoms with Crippen LogP contribution in [0, 0.1) is 6.92 Å². The first-order valence-electron chi connectivity index (χ1n) is 12.4. The molecule has 0 spiro atoms. The zero-order chi connectivity index (χ0) is 29.8. The number of aromatic nitrogens is 1. The molecule has 3 amide bonds. The van der Waals surface area contributed by atoms with Gasteiger partial charge in [-0.3, -0.25) is 19.7 Å². The van der Waals surface area contributed by atoms with E-state index in [2.05, 4.69) is 15.6 Å². The van der Waals surface area contributed by atoms with Gasteiger partial charge in [0.15, 0.2) is 5.13 Å². The van der Waals surface area contributed by atoms with E-state index in [1.165, 1.54) is 36.4 Å². The van der Waals surface area contributed by atoms with Crippen LogP contribution >= 0.6 is 22.9 Å². The molecule has 2 heterocycles. The van der Waals surface area contributed by atoms with Crippen molar-refractivity contribution in [1.29, 1.82) is 0 Å². The topological polar surface area (TPSA) is 144 Å². The van der Waals surface area contributed by atoms with E-state index in [1.54, 1.807) is 39.8 Å². The summed E-state index contributed by atoms with van der Waals surface area (Å²) in [6.45, 7) is 7.02. The molecule has 0 bridgehead atoms. The number of amides is 3. The molecule has 0 fully saturated rings. The van der Waals surface area contributed by atoms with Crippen LogP contribution in [0.25, 0.3) is 0 Å². The van der Waals surface area contributed by atoms with Crippen molar-refractivity contribution in [2.45, 2.75) is 33.8 Å². The zero-order valence-electron chi connectivity index (χ0n) is 22.4. The number of thiazole rings is 1. The predicted molar refractivity (Wildman–Crippen MR) is 153 cm³/mol. The smallest absolute Gasteiger partial charge is 0.350 e. The lowest BCUT2D eigenvalue weighted by Gasteiger charge is -2.16. The molecule has 4 rings (SSSR count). The number of halogens is 1. The highest BCUT2D eigenvalue weighted by Crippen LogP contribution is 2.31. The molecule has 1 aliphatic rings. The molecule has 41 heavy (non-hydrogen) atoms. The van der Waals surface area contributed by atoms with Gasteiger partial charge in [0.1, 0.15) is 15.6 Å². The fourth-order valence-electron chi connectivity index (χ4n) is 3.73. The summed E-state index contributed by atoms with van der Waals surface area (Å²) < 4.78 is 10.1. The van der Waals surface area contributed by atoms with Crippen LogP contribution in [-0.4, -0.2) is 47.4 Å². The van der Waals surface area contributed by atoms with Crippen molar-refractivity contribution in [2.24, 2.45) is 0 Å². The summed E-state index contributed by atoms with van der Waals surface area (Å²) in [5.41, 5.74) is 1.50. The molecule has 11 nitrogen and oxygen atoms in total. The summed E-state index contributed by atoms with van der Waals surface area (Å²) in [5.74, 6) is -2.90. The van der Waals surface area contributed by atoms with Gasteiger partial charge in [0.25, 0.3) is 17.7 Å². The molecule has 0 atom stereocenters. The predicted octanol–water partition coefficient (Wildman–Crippen LogP) is 4.88. The lowest BCUT2D eigenvalue weighted by Crippen LogP contribution is -2.32. The number of esters is 2. The number of nitrogens with one attached hydrogen (secondary N) is 2. The Morgan fingerprint density at radius 3 is 2.22 bits per heavy atom. The minimum atomic E-state index is -0.728. The number of rotatable bonds is 9. The number of carbonyl (C=O) groups is 5. The number of aryl methyl sites for hydroxylation is 1. The van der Waals surface area contributed by atoms with Gasteiger partial charge < -0.3 is 14.8 Å². The number of benzene rings is 2. The number of imide groups is 1. The van der Waals surface area contributed by atoms with Crippen molar-refractivity contribution in [3.05, 3.63) is 81.0 Å². The summed E-state index contributed by atoms with van der Waals surface area (Å²) in [6, 6.07) is 11.9. The molecule has 1 aromatic heterocycles. The lowest BCUT2D eigenvalue weighted by molar-refractivity contribution is -0.120. The van der Waals surface area contributed by atoms with Gasteiger partial charge >= 0.3 is 11.9 Å². The summed E-state index contributed by atoms with van der Waals surface area (Å²) in [5, 5.41) is 5.43. The highest BCUT2D eigenvalue weighted by Gasteiger charge is 2.39. The van der Waals surface area contributed by atoms with Gasteiger partial charge in [0, 0.05) is 11.3 Å². The van der Waals surface area contributed by atoms with Crippen molar-refractivity contribution in [2.75, 3.05) is 22.1 Å². The number of ether oxygens (including phenoxy) is 2. The maximum absolute atomic E-state index is 13.1. The summed E-state index contributed by atoms with van der Waals surface area (Å²) in [7, 11) is 0. The molecule has 0 unspecified atom stereocenters. The largest absolute Gasteiger partial charge is 0.462 e. The Morgan fingerprint density at radius 1 is 0.976 bits per heavy atom. The van der Waals surface area contributed by atoms with Gasteiger partial charge in [-0.25, -0.2) is 19.5 Å². The summed E-state index contributed by atoms with van der Waals surface area (Å²) in [6.07, 6.45) is -0.294. The van der Waals surface area contributed by atoms with Crippen molar-refractivity contribution < 1.29 is 33.4 Å². The van der Waals surface area contributed by atoms with Crippen LogP contribution < -0.4 is 15.5 Å². The van der Waals surface area contributed by atoms with Crippen LogP contribution in [0.3, 0.4) is 0 Å². The minimum Gasteiger partial charge on any atom is -0.462 e. The molecule has 0 saturated heterocycles. The zero-order valence-corrected chi connectivity index (χ0v) is 24.0. The summed E-state index contributed by atoms with van der Waals surface area (Å²) >= 11 is 7.22. The van der Waals surface area contributed by atoms with Gasteiger partial charge in [-0.2, -0.15) is 0 Å². The Balaban J connectivity index is 1.42. The van der Waals surface area contributed by atoms with Gasteiger partial charge in [-0.15, -0.1) is 0 Å². The van der Waals surface area contributed by atoms with E-state index in [0.29, 0.717) is 16.3 Å². The normalized spacial score (nSPS) is 13.1. The van der Waals surface area contributed by atoms with Crippen molar-refractivity contribution in [3.8, 4) is 0 Å². The summed E-state index contributed by atoms with van der Waals surface area (Å²) in [4.78, 5) is 68.1. The third-order valence-corrected chi connectivity index (χ3v) is 7.03. The number of hydrogen-bond acceptors (Lipinski definition) is 10. The molecule has 0 radical (unpaired) electrons. The van der Waals surface area contributed by atoms with Crippen molar-refractivity contribution in [1.82, 2.24) is 4.98 Å². The van der Waals surface area contributed by atoms with Crippen LogP contribution in [0.5, 0.6) is 0 Å². The second-order valence-electron chi connectivity index (χ2n) is 8.95. The fourth-order valence-corrected chi connectivity index (χ4v) is 4.80. The third kappa shape index (κ3) is 6.44. The van der Waals surface area contributed by atoms with Crippen molar-refractivity contribution in [3.63, 3.8) is 0 Å². The van der Waals surface area contributed by atoms with Crippen LogP contribution in [0.4, 0.5) is 16.5 Å². The lowest BCUT2D eigenvalue weighted by atomic mass is 10.2. The first-order chi connectivity index (χ1) is 19.5.